The molecule has 1 aromatic heterocycles. The van der Waals surface area contributed by atoms with E-state index in [9.17, 15) is 0 Å². The lowest BCUT2D eigenvalue weighted by Crippen LogP contribution is -2.17. The Kier molecular flexibility index (Phi) is 5.99. The average molecular weight is 343 g/mol. The quantitative estimate of drug-likeness (QED) is 0.812. The molecule has 1 aromatic carbocycles. The van der Waals surface area contributed by atoms with Gasteiger partial charge in [-0.15, -0.1) is 0 Å². The van der Waals surface area contributed by atoms with Crippen LogP contribution in [0.1, 0.15) is 23.7 Å². The SMILES string of the molecule is CCc1ccc(CCOc2ccc(CC3CNCS3=N)cc2)nc1. The zero-order chi connectivity index (χ0) is 16.8. The van der Waals surface area contributed by atoms with E-state index in [0.717, 1.165) is 43.1 Å². The van der Waals surface area contributed by atoms with Gasteiger partial charge in [-0.25, -0.2) is 0 Å². The normalized spacial score (nSPS) is 20.2. The summed E-state index contributed by atoms with van der Waals surface area (Å²) in [6.45, 7) is 3.74. The molecule has 1 aliphatic rings. The second-order valence-electron chi connectivity index (χ2n) is 6.11. The van der Waals surface area contributed by atoms with Crippen LogP contribution in [-0.4, -0.2) is 29.3 Å². The lowest BCUT2D eigenvalue weighted by atomic mass is 10.1. The monoisotopic (exact) mass is 343 g/mol. The molecule has 2 unspecified atom stereocenters. The van der Waals surface area contributed by atoms with Crippen LogP contribution in [0.2, 0.25) is 0 Å². The van der Waals surface area contributed by atoms with E-state index in [1.54, 1.807) is 0 Å². The van der Waals surface area contributed by atoms with E-state index in [-0.39, 0.29) is 10.7 Å². The molecule has 1 aliphatic heterocycles. The molecule has 0 amide bonds. The molecule has 3 rings (SSSR count). The van der Waals surface area contributed by atoms with Gasteiger partial charge in [0.15, 0.2) is 0 Å². The van der Waals surface area contributed by atoms with Crippen LogP contribution in [0.15, 0.2) is 42.6 Å². The predicted octanol–water partition coefficient (Wildman–Crippen LogP) is 3.12. The van der Waals surface area contributed by atoms with Crippen molar-refractivity contribution in [3.05, 3.63) is 59.4 Å². The van der Waals surface area contributed by atoms with Gasteiger partial charge in [-0.3, -0.25) is 9.76 Å². The summed E-state index contributed by atoms with van der Waals surface area (Å²) >= 11 is 0. The van der Waals surface area contributed by atoms with Crippen molar-refractivity contribution in [1.29, 1.82) is 4.78 Å². The van der Waals surface area contributed by atoms with E-state index in [2.05, 4.69) is 41.5 Å². The molecule has 0 bridgehead atoms. The van der Waals surface area contributed by atoms with Gasteiger partial charge in [0.25, 0.3) is 0 Å². The Balaban J connectivity index is 1.46. The standard InChI is InChI=1S/C19H25N3OS/c1-2-15-3-6-17(22-12-15)9-10-23-18-7-4-16(5-8-18)11-19-13-21-14-24(19)20/h3-8,12,19-21H,2,9-11,13-14H2,1H3. The molecule has 2 atom stereocenters. The summed E-state index contributed by atoms with van der Waals surface area (Å²) in [4.78, 5) is 4.46. The van der Waals surface area contributed by atoms with E-state index < -0.39 is 0 Å². The molecule has 2 N–H and O–H groups in total. The predicted molar refractivity (Wildman–Crippen MR) is 99.7 cm³/mol. The van der Waals surface area contributed by atoms with E-state index in [1.807, 2.05) is 18.3 Å². The molecule has 0 spiro atoms. The number of aromatic nitrogens is 1. The van der Waals surface area contributed by atoms with Crippen molar-refractivity contribution >= 4 is 10.7 Å². The molecule has 4 nitrogen and oxygen atoms in total. The fourth-order valence-corrected chi connectivity index (χ4v) is 4.08. The minimum atomic E-state index is -0.244. The second-order valence-corrected chi connectivity index (χ2v) is 7.92. The maximum absolute atomic E-state index is 8.01. The van der Waals surface area contributed by atoms with Gasteiger partial charge in [-0.05, 0) is 42.2 Å². The minimum Gasteiger partial charge on any atom is -0.493 e. The molecule has 1 saturated heterocycles. The molecule has 0 aliphatic carbocycles. The van der Waals surface area contributed by atoms with Crippen LogP contribution >= 0.6 is 0 Å². The summed E-state index contributed by atoms with van der Waals surface area (Å²) in [7, 11) is -0.244. The molecule has 5 heteroatoms. The Bertz CT molecular complexity index is 670. The summed E-state index contributed by atoms with van der Waals surface area (Å²) in [5.74, 6) is 1.75. The van der Waals surface area contributed by atoms with Crippen molar-refractivity contribution in [2.45, 2.75) is 31.4 Å². The highest BCUT2D eigenvalue weighted by Gasteiger charge is 2.19. The van der Waals surface area contributed by atoms with Crippen molar-refractivity contribution in [3.63, 3.8) is 0 Å². The van der Waals surface area contributed by atoms with Gasteiger partial charge >= 0.3 is 0 Å². The third-order valence-corrected chi connectivity index (χ3v) is 5.99. The zero-order valence-corrected chi connectivity index (χ0v) is 14.9. The van der Waals surface area contributed by atoms with Crippen LogP contribution in [0.4, 0.5) is 0 Å². The summed E-state index contributed by atoms with van der Waals surface area (Å²) in [5.41, 5.74) is 3.63. The highest BCUT2D eigenvalue weighted by Crippen LogP contribution is 2.16. The first-order valence-electron chi connectivity index (χ1n) is 8.52. The van der Waals surface area contributed by atoms with Crippen LogP contribution in [0.5, 0.6) is 5.75 Å². The Morgan fingerprint density at radius 1 is 1.21 bits per heavy atom. The molecule has 1 fully saturated rings. The molecule has 2 aromatic rings. The molecule has 0 saturated carbocycles. The molecule has 24 heavy (non-hydrogen) atoms. The first-order chi connectivity index (χ1) is 11.7. The van der Waals surface area contributed by atoms with Crippen molar-refractivity contribution in [2.24, 2.45) is 0 Å². The topological polar surface area (TPSA) is 58.0 Å². The van der Waals surface area contributed by atoms with E-state index >= 15 is 0 Å². The largest absolute Gasteiger partial charge is 0.493 e. The van der Waals surface area contributed by atoms with E-state index in [0.29, 0.717) is 11.9 Å². The number of pyridine rings is 1. The highest BCUT2D eigenvalue weighted by atomic mass is 32.2. The van der Waals surface area contributed by atoms with Crippen LogP contribution in [0.3, 0.4) is 0 Å². The number of nitrogens with one attached hydrogen (secondary N) is 2. The first kappa shape index (κ1) is 17.1. The maximum Gasteiger partial charge on any atom is 0.119 e. The zero-order valence-electron chi connectivity index (χ0n) is 14.1. The third kappa shape index (κ3) is 4.65. The highest BCUT2D eigenvalue weighted by molar-refractivity contribution is 7.86. The number of rotatable bonds is 7. The smallest absolute Gasteiger partial charge is 0.119 e. The molecular weight excluding hydrogens is 318 g/mol. The Morgan fingerprint density at radius 2 is 2.00 bits per heavy atom. The number of aryl methyl sites for hydroxylation is 1. The summed E-state index contributed by atoms with van der Waals surface area (Å²) in [6, 6.07) is 12.5. The van der Waals surface area contributed by atoms with E-state index in [1.165, 1.54) is 11.1 Å². The van der Waals surface area contributed by atoms with Gasteiger partial charge in [0.05, 0.1) is 12.5 Å². The van der Waals surface area contributed by atoms with Crippen molar-refractivity contribution in [1.82, 2.24) is 10.3 Å². The van der Waals surface area contributed by atoms with Gasteiger partial charge in [0, 0.05) is 30.1 Å². The fraction of sp³-hybridized carbons (Fsp3) is 0.421. The number of ether oxygens (including phenoxy) is 1. The molecule has 2 heterocycles. The van der Waals surface area contributed by atoms with Gasteiger partial charge in [0.2, 0.25) is 0 Å². The minimum absolute atomic E-state index is 0.244. The van der Waals surface area contributed by atoms with Gasteiger partial charge in [0.1, 0.15) is 5.75 Å². The number of nitrogens with zero attached hydrogens (tertiary/aromatic N) is 1. The number of hydrogen-bond acceptors (Lipinski definition) is 4. The second kappa shape index (κ2) is 8.40. The fourth-order valence-electron chi connectivity index (χ4n) is 2.79. The first-order valence-corrected chi connectivity index (χ1v) is 9.97. The average Bonchev–Trinajstić information content (AvgIpc) is 3.02. The number of hydrogen-bond donors (Lipinski definition) is 2. The summed E-state index contributed by atoms with van der Waals surface area (Å²) in [6.07, 6.45) is 4.77. The molecule has 0 radical (unpaired) electrons. The van der Waals surface area contributed by atoms with Gasteiger partial charge < -0.3 is 10.1 Å². The maximum atomic E-state index is 8.01. The summed E-state index contributed by atoms with van der Waals surface area (Å²) < 4.78 is 13.8. The van der Waals surface area contributed by atoms with Crippen LogP contribution in [-0.2, 0) is 30.0 Å². The van der Waals surface area contributed by atoms with Crippen molar-refractivity contribution in [3.8, 4) is 5.75 Å². The van der Waals surface area contributed by atoms with E-state index in [4.69, 9.17) is 9.52 Å². The van der Waals surface area contributed by atoms with Crippen LogP contribution in [0.25, 0.3) is 0 Å². The lowest BCUT2D eigenvalue weighted by molar-refractivity contribution is 0.320. The lowest BCUT2D eigenvalue weighted by Gasteiger charge is -2.11. The van der Waals surface area contributed by atoms with Crippen molar-refractivity contribution in [2.75, 3.05) is 19.0 Å². The Hall–Kier alpha value is -1.72. The third-order valence-electron chi connectivity index (χ3n) is 4.34. The number of benzene rings is 1. The Morgan fingerprint density at radius 3 is 2.62 bits per heavy atom. The molecular formula is C19H25N3OS. The van der Waals surface area contributed by atoms with Crippen molar-refractivity contribution < 1.29 is 4.74 Å². The summed E-state index contributed by atoms with van der Waals surface area (Å²) in [5, 5.41) is 3.75. The van der Waals surface area contributed by atoms with Crippen LogP contribution < -0.4 is 10.1 Å². The van der Waals surface area contributed by atoms with Crippen LogP contribution in [0, 0.1) is 4.78 Å². The molecule has 128 valence electrons. The Labute approximate surface area is 146 Å². The van der Waals surface area contributed by atoms with Gasteiger partial charge in [-0.1, -0.05) is 35.8 Å². The van der Waals surface area contributed by atoms with Gasteiger partial charge in [-0.2, -0.15) is 0 Å².